The second-order valence-electron chi connectivity index (χ2n) is 8.89. The monoisotopic (exact) mass is 534 g/mol. The van der Waals surface area contributed by atoms with E-state index in [4.69, 9.17) is 26.1 Å². The number of thioether (sulfide) groups is 1. The van der Waals surface area contributed by atoms with E-state index in [1.54, 1.807) is 18.1 Å². The third-order valence-electron chi connectivity index (χ3n) is 5.88. The van der Waals surface area contributed by atoms with E-state index >= 15 is 0 Å². The molecular weight excluding hydrogens is 504 g/mol. The Morgan fingerprint density at radius 1 is 1.00 bits per heavy atom. The first kappa shape index (κ1) is 26.8. The topological polar surface area (TPSA) is 51.1 Å². The lowest BCUT2D eigenvalue weighted by atomic mass is 10.1. The van der Waals surface area contributed by atoms with E-state index in [1.165, 1.54) is 22.9 Å². The summed E-state index contributed by atoms with van der Waals surface area (Å²) in [7, 11) is 1.57. The lowest BCUT2D eigenvalue weighted by Crippen LogP contribution is -2.28. The van der Waals surface area contributed by atoms with Crippen LogP contribution in [0.2, 0.25) is 5.02 Å². The number of ether oxygens (including phenoxy) is 2. The van der Waals surface area contributed by atoms with Crippen LogP contribution < -0.4 is 14.4 Å². The Labute approximate surface area is 228 Å². The average Bonchev–Trinajstić information content (AvgIpc) is 3.19. The first-order valence-electron chi connectivity index (χ1n) is 12.4. The lowest BCUT2D eigenvalue weighted by Gasteiger charge is -2.16. The molecule has 37 heavy (non-hydrogen) atoms. The highest BCUT2D eigenvalue weighted by Gasteiger charge is 2.35. The number of anilines is 1. The fourth-order valence-corrected chi connectivity index (χ4v) is 5.16. The molecule has 1 aliphatic rings. The number of carbonyl (C=O) groups is 1. The summed E-state index contributed by atoms with van der Waals surface area (Å²) in [6.07, 6.45) is 3.65. The van der Waals surface area contributed by atoms with Crippen LogP contribution in [-0.4, -0.2) is 24.3 Å². The van der Waals surface area contributed by atoms with Gasteiger partial charge in [-0.2, -0.15) is 0 Å². The number of aliphatic imine (C=N–C) groups is 1. The molecule has 0 N–H and O–H groups in total. The summed E-state index contributed by atoms with van der Waals surface area (Å²) in [5, 5.41) is 1.02. The number of nitrogens with zero attached hydrogens (tertiary/aromatic N) is 2. The number of hydrogen-bond acceptors (Lipinski definition) is 5. The molecule has 0 saturated carbocycles. The average molecular weight is 535 g/mol. The van der Waals surface area contributed by atoms with Crippen molar-refractivity contribution in [1.82, 2.24) is 0 Å². The number of halogens is 1. The van der Waals surface area contributed by atoms with E-state index in [2.05, 4.69) is 26.0 Å². The molecule has 3 aromatic carbocycles. The van der Waals surface area contributed by atoms with Gasteiger partial charge in [-0.3, -0.25) is 9.69 Å². The minimum absolute atomic E-state index is 0.0552. The first-order chi connectivity index (χ1) is 17.8. The van der Waals surface area contributed by atoms with Crippen molar-refractivity contribution in [2.45, 2.75) is 46.6 Å². The molecule has 1 fully saturated rings. The molecule has 0 aromatic heterocycles. The quantitative estimate of drug-likeness (QED) is 0.274. The summed E-state index contributed by atoms with van der Waals surface area (Å²) in [6, 6.07) is 19.7. The molecule has 0 unspecified atom stereocenters. The summed E-state index contributed by atoms with van der Waals surface area (Å²) in [5.74, 6) is 0.860. The predicted octanol–water partition coefficient (Wildman–Crippen LogP) is 8.07. The van der Waals surface area contributed by atoms with Gasteiger partial charge in [-0.1, -0.05) is 49.7 Å². The predicted molar refractivity (Wildman–Crippen MR) is 156 cm³/mol. The molecule has 7 heteroatoms. The van der Waals surface area contributed by atoms with E-state index in [-0.39, 0.29) is 12.0 Å². The van der Waals surface area contributed by atoms with Crippen LogP contribution in [0.3, 0.4) is 0 Å². The van der Waals surface area contributed by atoms with Crippen molar-refractivity contribution < 1.29 is 14.3 Å². The van der Waals surface area contributed by atoms with Gasteiger partial charge < -0.3 is 9.47 Å². The molecular formula is C30H31ClN2O3S. The van der Waals surface area contributed by atoms with Crippen LogP contribution in [0.15, 0.2) is 70.6 Å². The summed E-state index contributed by atoms with van der Waals surface area (Å²) in [6.45, 7) is 8.08. The summed E-state index contributed by atoms with van der Waals surface area (Å²) >= 11 is 7.87. The minimum atomic E-state index is -0.143. The Morgan fingerprint density at radius 2 is 1.62 bits per heavy atom. The zero-order chi connectivity index (χ0) is 26.5. The zero-order valence-electron chi connectivity index (χ0n) is 21.7. The number of benzene rings is 3. The number of carbonyl (C=O) groups excluding carboxylic acids is 1. The van der Waals surface area contributed by atoms with Crippen molar-refractivity contribution in [2.75, 3.05) is 12.0 Å². The number of aryl methyl sites for hydroxylation is 2. The maximum absolute atomic E-state index is 13.7. The Morgan fingerprint density at radius 3 is 2.19 bits per heavy atom. The van der Waals surface area contributed by atoms with Gasteiger partial charge in [0.1, 0.15) is 0 Å². The first-order valence-corrected chi connectivity index (χ1v) is 13.6. The van der Waals surface area contributed by atoms with Gasteiger partial charge in [0.15, 0.2) is 16.7 Å². The molecule has 1 heterocycles. The van der Waals surface area contributed by atoms with Crippen LogP contribution >= 0.6 is 23.4 Å². The Kier molecular flexibility index (Phi) is 8.62. The molecule has 3 aromatic rings. The summed E-state index contributed by atoms with van der Waals surface area (Å²) in [4.78, 5) is 20.7. The Bertz CT molecular complexity index is 1330. The van der Waals surface area contributed by atoms with Crippen LogP contribution in [0.25, 0.3) is 6.08 Å². The Hall–Kier alpha value is -3.22. The van der Waals surface area contributed by atoms with Crippen LogP contribution in [-0.2, 0) is 17.6 Å². The van der Waals surface area contributed by atoms with Gasteiger partial charge in [0.2, 0.25) is 0 Å². The van der Waals surface area contributed by atoms with Crippen LogP contribution in [0, 0.1) is 0 Å². The summed E-state index contributed by atoms with van der Waals surface area (Å²) in [5.41, 5.74) is 4.76. The van der Waals surface area contributed by atoms with Gasteiger partial charge in [-0.05, 0) is 97.6 Å². The molecule has 1 aliphatic heterocycles. The van der Waals surface area contributed by atoms with Crippen molar-refractivity contribution in [3.05, 3.63) is 87.3 Å². The fraction of sp³-hybridized carbons (Fsp3) is 0.267. The second kappa shape index (κ2) is 11.9. The summed E-state index contributed by atoms with van der Waals surface area (Å²) < 4.78 is 11.4. The minimum Gasteiger partial charge on any atom is -0.493 e. The number of methoxy groups -OCH3 is 1. The maximum atomic E-state index is 13.7. The molecule has 1 amide bonds. The molecule has 0 atom stereocenters. The molecule has 0 radical (unpaired) electrons. The number of amidine groups is 1. The molecule has 5 nitrogen and oxygen atoms in total. The van der Waals surface area contributed by atoms with E-state index in [9.17, 15) is 4.79 Å². The number of hydrogen-bond donors (Lipinski definition) is 0. The number of amides is 1. The van der Waals surface area contributed by atoms with Gasteiger partial charge in [0.25, 0.3) is 5.91 Å². The largest absolute Gasteiger partial charge is 0.493 e. The third-order valence-corrected chi connectivity index (χ3v) is 7.13. The highest BCUT2D eigenvalue weighted by Crippen LogP contribution is 2.41. The van der Waals surface area contributed by atoms with Crippen LogP contribution in [0.4, 0.5) is 11.4 Å². The van der Waals surface area contributed by atoms with Gasteiger partial charge in [0, 0.05) is 0 Å². The molecule has 0 spiro atoms. The highest BCUT2D eigenvalue weighted by molar-refractivity contribution is 8.19. The van der Waals surface area contributed by atoms with Gasteiger partial charge >= 0.3 is 0 Å². The van der Waals surface area contributed by atoms with E-state index in [1.807, 2.05) is 62.4 Å². The van der Waals surface area contributed by atoms with E-state index in [0.717, 1.165) is 29.8 Å². The standard InChI is InChI=1S/C30H31ClN2O3S/c1-6-20-8-12-23(13-9-20)32-30-33(24-14-10-21(7-2)11-15-24)29(34)27(37-30)18-22-16-25(31)28(36-19(3)4)26(17-22)35-5/h8-19H,6-7H2,1-5H3/b27-18-,32-30?. The molecule has 0 bridgehead atoms. The van der Waals surface area contributed by atoms with Gasteiger partial charge in [0.05, 0.1) is 34.5 Å². The Balaban J connectivity index is 1.75. The van der Waals surface area contributed by atoms with Crippen molar-refractivity contribution in [3.8, 4) is 11.5 Å². The second-order valence-corrected chi connectivity index (χ2v) is 10.3. The van der Waals surface area contributed by atoms with Crippen LogP contribution in [0.5, 0.6) is 11.5 Å². The van der Waals surface area contributed by atoms with E-state index < -0.39 is 0 Å². The fourth-order valence-electron chi connectivity index (χ4n) is 3.90. The number of rotatable bonds is 8. The van der Waals surface area contributed by atoms with Crippen molar-refractivity contribution in [1.29, 1.82) is 0 Å². The van der Waals surface area contributed by atoms with Crippen molar-refractivity contribution in [2.24, 2.45) is 4.99 Å². The van der Waals surface area contributed by atoms with Gasteiger partial charge in [-0.25, -0.2) is 4.99 Å². The zero-order valence-corrected chi connectivity index (χ0v) is 23.3. The third kappa shape index (κ3) is 6.20. The molecule has 4 rings (SSSR count). The van der Waals surface area contributed by atoms with E-state index in [0.29, 0.717) is 26.6 Å². The van der Waals surface area contributed by atoms with Crippen molar-refractivity contribution in [3.63, 3.8) is 0 Å². The van der Waals surface area contributed by atoms with Crippen LogP contribution in [0.1, 0.15) is 44.4 Å². The van der Waals surface area contributed by atoms with Crippen molar-refractivity contribution >= 4 is 51.9 Å². The highest BCUT2D eigenvalue weighted by atomic mass is 35.5. The maximum Gasteiger partial charge on any atom is 0.271 e. The normalized spacial score (nSPS) is 15.8. The smallest absolute Gasteiger partial charge is 0.271 e. The molecule has 0 aliphatic carbocycles. The van der Waals surface area contributed by atoms with Gasteiger partial charge in [-0.15, -0.1) is 0 Å². The molecule has 1 saturated heterocycles. The molecule has 192 valence electrons. The SMILES string of the molecule is CCc1ccc(N=C2S/C(=C\c3cc(Cl)c(OC(C)C)c(OC)c3)C(=O)N2c2ccc(CC)cc2)cc1. The lowest BCUT2D eigenvalue weighted by molar-refractivity contribution is -0.113.